The van der Waals surface area contributed by atoms with Crippen molar-refractivity contribution < 1.29 is 14.6 Å². The van der Waals surface area contributed by atoms with Crippen molar-refractivity contribution in [3.05, 3.63) is 65.1 Å². The number of anilines is 4. The van der Waals surface area contributed by atoms with E-state index >= 15 is 0 Å². The lowest BCUT2D eigenvalue weighted by molar-refractivity contribution is -0.198. The van der Waals surface area contributed by atoms with Gasteiger partial charge in [-0.15, -0.1) is 10.2 Å². The number of para-hydroxylation sites is 1. The van der Waals surface area contributed by atoms with Crippen LogP contribution >= 0.6 is 11.3 Å². The van der Waals surface area contributed by atoms with E-state index in [1.807, 2.05) is 55.3 Å². The van der Waals surface area contributed by atoms with E-state index < -0.39 is 5.97 Å². The second-order valence-electron chi connectivity index (χ2n) is 19.4. The van der Waals surface area contributed by atoms with Crippen LogP contribution in [0.4, 0.5) is 22.6 Å². The molecule has 4 aliphatic carbocycles. The molecule has 326 valence electrons. The molecule has 1 aliphatic heterocycles. The van der Waals surface area contributed by atoms with Crippen LogP contribution in [0, 0.1) is 35.5 Å². The zero-order valence-electron chi connectivity index (χ0n) is 37.6. The van der Waals surface area contributed by atoms with Gasteiger partial charge in [0.25, 0.3) is 0 Å². The van der Waals surface area contributed by atoms with Crippen molar-refractivity contribution >= 4 is 50.1 Å². The summed E-state index contributed by atoms with van der Waals surface area (Å²) in [5.74, 6) is 0.890. The van der Waals surface area contributed by atoms with Crippen LogP contribution in [0.5, 0.6) is 0 Å². The molecular formula is C48H65N9O3S. The molecule has 5 aromatic rings. The van der Waals surface area contributed by atoms with E-state index in [0.29, 0.717) is 45.8 Å². The third-order valence-corrected chi connectivity index (χ3v) is 15.0. The molecule has 5 heterocycles. The van der Waals surface area contributed by atoms with Crippen LogP contribution in [0.3, 0.4) is 0 Å². The van der Waals surface area contributed by atoms with Gasteiger partial charge in [-0.05, 0) is 144 Å². The molecule has 0 amide bonds. The Bertz CT molecular complexity index is 2340. The van der Waals surface area contributed by atoms with Gasteiger partial charge >= 0.3 is 5.97 Å². The van der Waals surface area contributed by atoms with Crippen molar-refractivity contribution in [2.24, 2.45) is 21.7 Å². The number of carboxylic acid groups (broad SMARTS) is 1. The lowest BCUT2D eigenvalue weighted by atomic mass is 9.35. The highest BCUT2D eigenvalue weighted by Crippen LogP contribution is 2.75. The molecule has 2 N–H and O–H groups in total. The van der Waals surface area contributed by atoms with E-state index in [9.17, 15) is 9.90 Å². The molecule has 1 aromatic carbocycles. The molecule has 0 radical (unpaired) electrons. The van der Waals surface area contributed by atoms with Crippen LogP contribution in [0.15, 0.2) is 42.6 Å². The van der Waals surface area contributed by atoms with E-state index in [1.54, 1.807) is 18.4 Å². The first-order valence-electron chi connectivity index (χ1n) is 22.5. The average Bonchev–Trinajstić information content (AvgIpc) is 3.79. The number of nitrogens with one attached hydrogen (secondary N) is 1. The fraction of sp³-hybridized carbons (Fsp3) is 0.583. The van der Waals surface area contributed by atoms with Crippen molar-refractivity contribution in [3.8, 4) is 11.1 Å². The maximum atomic E-state index is 13.0. The molecule has 12 nitrogen and oxygen atoms in total. The van der Waals surface area contributed by atoms with Gasteiger partial charge in [0.15, 0.2) is 22.5 Å². The molecule has 4 bridgehead atoms. The second-order valence-corrected chi connectivity index (χ2v) is 20.5. The van der Waals surface area contributed by atoms with Crippen molar-refractivity contribution in [2.45, 2.75) is 119 Å². The number of carbonyl (C=O) groups is 1. The number of hydrogen-bond donors (Lipinski definition) is 2. The summed E-state index contributed by atoms with van der Waals surface area (Å²) < 4.78 is 8.58. The van der Waals surface area contributed by atoms with Gasteiger partial charge in [-0.25, -0.2) is 14.8 Å². The number of rotatable bonds is 15. The standard InChI is InChI=1S/C46H59N9O3S.C2H6/c1-30-32-12-9-20-54(40(32)52-51-39(30)50-42-48-35-13-7-8-14-36(35)59-42)37-16-15-33(38(49-37)41(56)57)34-22-47-55(31(34)2)29-46-26-43(3)23-44(4,27-46)25-45(24-43,28-46)17-10-18-53(5)19-11-21-58-6;1-2/h7-8,13-16,22H,9-12,17-21,23-29H2,1-6H3,(H,56,57)(H,48,50,51);1-2H3. The van der Waals surface area contributed by atoms with E-state index in [0.717, 1.165) is 83.2 Å². The Kier molecular flexibility index (Phi) is 12.0. The molecule has 13 heteroatoms. The van der Waals surface area contributed by atoms with Crippen molar-refractivity contribution in [1.29, 1.82) is 0 Å². The third-order valence-electron chi connectivity index (χ3n) is 14.1. The van der Waals surface area contributed by atoms with Crippen LogP contribution in [-0.2, 0) is 17.7 Å². The highest BCUT2D eigenvalue weighted by atomic mass is 32.1. The predicted molar refractivity (Wildman–Crippen MR) is 246 cm³/mol. The highest BCUT2D eigenvalue weighted by molar-refractivity contribution is 7.22. The minimum atomic E-state index is -1.06. The summed E-state index contributed by atoms with van der Waals surface area (Å²) in [4.78, 5) is 27.0. The fourth-order valence-electron chi connectivity index (χ4n) is 13.1. The molecule has 4 aromatic heterocycles. The van der Waals surface area contributed by atoms with Crippen LogP contribution in [0.25, 0.3) is 21.3 Å². The highest BCUT2D eigenvalue weighted by Gasteiger charge is 2.65. The van der Waals surface area contributed by atoms with Gasteiger partial charge < -0.3 is 25.0 Å². The number of hydrogen-bond acceptors (Lipinski definition) is 11. The largest absolute Gasteiger partial charge is 0.476 e. The molecule has 10 rings (SSSR count). The van der Waals surface area contributed by atoms with Gasteiger partial charge in [-0.3, -0.25) is 4.68 Å². The van der Waals surface area contributed by atoms with Gasteiger partial charge in [-0.2, -0.15) is 5.10 Å². The quantitative estimate of drug-likeness (QED) is 0.0975. The van der Waals surface area contributed by atoms with Crippen LogP contribution in [-0.4, -0.2) is 86.3 Å². The number of methoxy groups -OCH3 is 1. The maximum Gasteiger partial charge on any atom is 0.355 e. The number of thiazole rings is 1. The first-order valence-corrected chi connectivity index (χ1v) is 23.3. The number of benzene rings is 1. The molecule has 2 unspecified atom stereocenters. The molecule has 0 spiro atoms. The Hall–Kier alpha value is -4.46. The van der Waals surface area contributed by atoms with Crippen LogP contribution in [0.2, 0.25) is 0 Å². The summed E-state index contributed by atoms with van der Waals surface area (Å²) in [5.41, 5.74) is 6.72. The Morgan fingerprint density at radius 2 is 1.67 bits per heavy atom. The van der Waals surface area contributed by atoms with Crippen molar-refractivity contribution in [1.82, 2.24) is 34.8 Å². The molecule has 2 atom stereocenters. The minimum Gasteiger partial charge on any atom is -0.476 e. The van der Waals surface area contributed by atoms with Gasteiger partial charge in [0, 0.05) is 61.3 Å². The van der Waals surface area contributed by atoms with Crippen molar-refractivity contribution in [3.63, 3.8) is 0 Å². The monoisotopic (exact) mass is 847 g/mol. The van der Waals surface area contributed by atoms with E-state index in [1.165, 1.54) is 51.4 Å². The summed E-state index contributed by atoms with van der Waals surface area (Å²) >= 11 is 1.58. The molecule has 61 heavy (non-hydrogen) atoms. The molecular weight excluding hydrogens is 783 g/mol. The second kappa shape index (κ2) is 17.0. The Morgan fingerprint density at radius 1 is 0.934 bits per heavy atom. The number of ether oxygens (including phenoxy) is 1. The van der Waals surface area contributed by atoms with Crippen LogP contribution in [0.1, 0.15) is 119 Å². The molecule has 0 saturated heterocycles. The van der Waals surface area contributed by atoms with Gasteiger partial charge in [0.2, 0.25) is 0 Å². The predicted octanol–water partition coefficient (Wildman–Crippen LogP) is 10.6. The summed E-state index contributed by atoms with van der Waals surface area (Å²) in [6.45, 7) is 17.8. The number of nitrogens with zero attached hydrogens (tertiary/aromatic N) is 8. The topological polar surface area (TPSA) is 134 Å². The molecule has 4 fully saturated rings. The zero-order chi connectivity index (χ0) is 43.2. The lowest BCUT2D eigenvalue weighted by Crippen LogP contribution is -2.60. The number of pyridine rings is 1. The zero-order valence-corrected chi connectivity index (χ0v) is 38.4. The molecule has 4 saturated carbocycles. The minimum absolute atomic E-state index is 0.0250. The van der Waals surface area contributed by atoms with Gasteiger partial charge in [-0.1, -0.05) is 51.2 Å². The fourth-order valence-corrected chi connectivity index (χ4v) is 13.9. The summed E-state index contributed by atoms with van der Waals surface area (Å²) in [6, 6.07) is 11.9. The van der Waals surface area contributed by atoms with Gasteiger partial charge in [0.1, 0.15) is 5.82 Å². The summed E-state index contributed by atoms with van der Waals surface area (Å²) in [5, 5.41) is 29.1. The first-order chi connectivity index (χ1) is 29.3. The van der Waals surface area contributed by atoms with E-state index in [2.05, 4.69) is 65.9 Å². The first kappa shape index (κ1) is 43.2. The number of aromatic nitrogens is 6. The van der Waals surface area contributed by atoms with Gasteiger partial charge in [0.05, 0.1) is 16.4 Å². The smallest absolute Gasteiger partial charge is 0.355 e. The maximum absolute atomic E-state index is 13.0. The van der Waals surface area contributed by atoms with E-state index in [4.69, 9.17) is 19.8 Å². The number of carboxylic acids is 1. The molecule has 5 aliphatic rings. The number of aromatic carboxylic acids is 1. The lowest BCUT2D eigenvalue weighted by Gasteiger charge is -2.70. The Labute approximate surface area is 365 Å². The summed E-state index contributed by atoms with van der Waals surface area (Å²) in [6.07, 6.45) is 14.9. The Balaban J connectivity index is 0.00000253. The number of fused-ring (bicyclic) bond motifs is 2. The average molecular weight is 848 g/mol. The Morgan fingerprint density at radius 3 is 2.41 bits per heavy atom. The summed E-state index contributed by atoms with van der Waals surface area (Å²) in [7, 11) is 4.03. The third kappa shape index (κ3) is 8.54. The van der Waals surface area contributed by atoms with Crippen LogP contribution < -0.4 is 10.2 Å². The SMILES string of the molecule is CC.COCCCN(C)CCCC12CC3(C)CC(C)(C1)CC(Cn1ncc(-c4ccc(N5CCCc6c5nnc(Nc5nc7ccccc7s5)c6C)nc4C(=O)O)c1C)(C3)C2. The van der Waals surface area contributed by atoms with E-state index in [-0.39, 0.29) is 11.1 Å². The normalized spacial score (nSPS) is 25.2. The van der Waals surface area contributed by atoms with Crippen molar-refractivity contribution in [2.75, 3.05) is 50.6 Å².